The maximum absolute atomic E-state index is 10.1. The molecule has 20 heavy (non-hydrogen) atoms. The number of aromatic hydroxyl groups is 1. The first kappa shape index (κ1) is 15.0. The van der Waals surface area contributed by atoms with E-state index in [1.54, 1.807) is 17.4 Å². The molecule has 0 radical (unpaired) electrons. The molecule has 2 atom stereocenters. The van der Waals surface area contributed by atoms with Gasteiger partial charge >= 0.3 is 0 Å². The second-order valence-electron chi connectivity index (χ2n) is 5.18. The van der Waals surface area contributed by atoms with Gasteiger partial charge in [-0.25, -0.2) is 0 Å². The van der Waals surface area contributed by atoms with Gasteiger partial charge in [0.2, 0.25) is 0 Å². The van der Waals surface area contributed by atoms with Gasteiger partial charge in [-0.05, 0) is 37.8 Å². The summed E-state index contributed by atoms with van der Waals surface area (Å²) in [4.78, 5) is 0.997. The first-order chi connectivity index (χ1) is 9.56. The van der Waals surface area contributed by atoms with Gasteiger partial charge in [-0.1, -0.05) is 23.8 Å². The number of rotatable bonds is 6. The highest BCUT2D eigenvalue weighted by Gasteiger charge is 2.13. The summed E-state index contributed by atoms with van der Waals surface area (Å²) in [6, 6.07) is 9.66. The molecule has 0 bridgehead atoms. The van der Waals surface area contributed by atoms with E-state index in [0.29, 0.717) is 18.7 Å². The molecular formula is C16H21NO2S. The summed E-state index contributed by atoms with van der Waals surface area (Å²) in [6.07, 6.45) is 0.233. The summed E-state index contributed by atoms with van der Waals surface area (Å²) < 4.78 is 0. The Morgan fingerprint density at radius 2 is 2.10 bits per heavy atom. The van der Waals surface area contributed by atoms with Crippen molar-refractivity contribution in [2.45, 2.75) is 39.0 Å². The average molecular weight is 291 g/mol. The van der Waals surface area contributed by atoms with E-state index in [1.807, 2.05) is 43.5 Å². The molecule has 1 aromatic heterocycles. The number of phenolic OH excluding ortho intramolecular Hbond substituents is 1. The number of benzene rings is 1. The number of thiophene rings is 1. The molecule has 0 saturated carbocycles. The number of phenols is 1. The summed E-state index contributed by atoms with van der Waals surface area (Å²) >= 11 is 1.57. The van der Waals surface area contributed by atoms with Crippen LogP contribution in [0.15, 0.2) is 35.7 Å². The third kappa shape index (κ3) is 4.07. The number of aliphatic hydroxyl groups is 1. The molecule has 2 unspecified atom stereocenters. The van der Waals surface area contributed by atoms with Crippen molar-refractivity contribution in [1.29, 1.82) is 0 Å². The molecule has 0 saturated heterocycles. The maximum Gasteiger partial charge on any atom is 0.120 e. The van der Waals surface area contributed by atoms with Gasteiger partial charge in [0.05, 0.1) is 6.10 Å². The summed E-state index contributed by atoms with van der Waals surface area (Å²) in [5.41, 5.74) is 2.02. The van der Waals surface area contributed by atoms with Crippen molar-refractivity contribution >= 4 is 11.3 Å². The lowest BCUT2D eigenvalue weighted by molar-refractivity contribution is 0.157. The lowest BCUT2D eigenvalue weighted by Gasteiger charge is -2.17. The van der Waals surface area contributed by atoms with E-state index in [9.17, 15) is 10.2 Å². The zero-order chi connectivity index (χ0) is 14.5. The molecule has 0 aliphatic heterocycles. The van der Waals surface area contributed by atoms with E-state index >= 15 is 0 Å². The minimum atomic E-state index is -0.427. The van der Waals surface area contributed by atoms with Gasteiger partial charge in [-0.2, -0.15) is 0 Å². The number of hydrogen-bond acceptors (Lipinski definition) is 4. The summed E-state index contributed by atoms with van der Waals surface area (Å²) in [6.45, 7) is 4.66. The molecule has 1 aromatic carbocycles. The van der Waals surface area contributed by atoms with Gasteiger partial charge in [-0.15, -0.1) is 11.3 Å². The Morgan fingerprint density at radius 1 is 1.30 bits per heavy atom. The van der Waals surface area contributed by atoms with Gasteiger partial charge in [0.1, 0.15) is 5.75 Å². The Labute approximate surface area is 123 Å². The van der Waals surface area contributed by atoms with Crippen LogP contribution in [-0.4, -0.2) is 16.3 Å². The van der Waals surface area contributed by atoms with Crippen LogP contribution in [0.1, 0.15) is 35.5 Å². The van der Waals surface area contributed by atoms with E-state index in [1.165, 1.54) is 0 Å². The largest absolute Gasteiger partial charge is 0.508 e. The van der Waals surface area contributed by atoms with E-state index in [2.05, 4.69) is 5.32 Å². The highest BCUT2D eigenvalue weighted by atomic mass is 32.1. The second-order valence-corrected chi connectivity index (χ2v) is 6.16. The Bertz CT molecular complexity index is 539. The van der Waals surface area contributed by atoms with E-state index < -0.39 is 6.10 Å². The van der Waals surface area contributed by atoms with Gasteiger partial charge in [0.15, 0.2) is 0 Å². The van der Waals surface area contributed by atoms with Gasteiger partial charge in [0.25, 0.3) is 0 Å². The molecule has 3 nitrogen and oxygen atoms in total. The summed E-state index contributed by atoms with van der Waals surface area (Å²) in [7, 11) is 0. The van der Waals surface area contributed by atoms with Crippen molar-refractivity contribution in [3.8, 4) is 5.75 Å². The topological polar surface area (TPSA) is 52.5 Å². The first-order valence-corrected chi connectivity index (χ1v) is 7.67. The molecular weight excluding hydrogens is 270 g/mol. The molecule has 1 heterocycles. The molecule has 3 N–H and O–H groups in total. The molecule has 4 heteroatoms. The van der Waals surface area contributed by atoms with Crippen LogP contribution < -0.4 is 5.32 Å². The Balaban J connectivity index is 1.86. The molecule has 0 aliphatic carbocycles. The molecule has 108 valence electrons. The number of hydrogen-bond donors (Lipinski definition) is 3. The smallest absolute Gasteiger partial charge is 0.120 e. The van der Waals surface area contributed by atoms with Crippen LogP contribution in [0.4, 0.5) is 0 Å². The number of nitrogens with one attached hydrogen (secondary N) is 1. The van der Waals surface area contributed by atoms with E-state index in [-0.39, 0.29) is 6.04 Å². The Hall–Kier alpha value is -1.36. The molecule has 2 rings (SSSR count). The van der Waals surface area contributed by atoms with E-state index in [0.717, 1.165) is 16.0 Å². The fraction of sp³-hybridized carbons (Fsp3) is 0.375. The molecule has 0 amide bonds. The van der Waals surface area contributed by atoms with Crippen LogP contribution in [-0.2, 0) is 6.54 Å². The van der Waals surface area contributed by atoms with E-state index in [4.69, 9.17) is 0 Å². The SMILES string of the molecule is Cc1ccc(O)c(CNC(C)CC(O)c2cccs2)c1. The van der Waals surface area contributed by atoms with Crippen LogP contribution in [0.5, 0.6) is 5.75 Å². The van der Waals surface area contributed by atoms with Gasteiger partial charge in [-0.3, -0.25) is 0 Å². The minimum absolute atomic E-state index is 0.173. The number of aliphatic hydroxyl groups excluding tert-OH is 1. The molecule has 0 spiro atoms. The lowest BCUT2D eigenvalue weighted by atomic mass is 10.1. The highest BCUT2D eigenvalue weighted by molar-refractivity contribution is 7.10. The second kappa shape index (κ2) is 6.88. The maximum atomic E-state index is 10.1. The zero-order valence-corrected chi connectivity index (χ0v) is 12.7. The monoisotopic (exact) mass is 291 g/mol. The predicted molar refractivity (Wildman–Crippen MR) is 83.0 cm³/mol. The minimum Gasteiger partial charge on any atom is -0.508 e. The van der Waals surface area contributed by atoms with Crippen molar-refractivity contribution in [2.24, 2.45) is 0 Å². The fourth-order valence-electron chi connectivity index (χ4n) is 2.16. The normalized spacial score (nSPS) is 14.2. The summed E-state index contributed by atoms with van der Waals surface area (Å²) in [5.74, 6) is 0.314. The molecule has 0 fully saturated rings. The van der Waals surface area contributed by atoms with Gasteiger partial charge in [0, 0.05) is 23.0 Å². The van der Waals surface area contributed by atoms with Crippen molar-refractivity contribution < 1.29 is 10.2 Å². The van der Waals surface area contributed by atoms with Crippen LogP contribution in [0, 0.1) is 6.92 Å². The fourth-order valence-corrected chi connectivity index (χ4v) is 2.88. The van der Waals surface area contributed by atoms with Crippen molar-refractivity contribution in [2.75, 3.05) is 0 Å². The van der Waals surface area contributed by atoms with Crippen molar-refractivity contribution in [1.82, 2.24) is 5.32 Å². The first-order valence-electron chi connectivity index (χ1n) is 6.79. The zero-order valence-electron chi connectivity index (χ0n) is 11.8. The quantitative estimate of drug-likeness (QED) is 0.765. The van der Waals surface area contributed by atoms with Gasteiger partial charge < -0.3 is 15.5 Å². The van der Waals surface area contributed by atoms with Crippen LogP contribution in [0.3, 0.4) is 0 Å². The Kier molecular flexibility index (Phi) is 5.17. The molecule has 0 aliphatic rings. The average Bonchev–Trinajstić information content (AvgIpc) is 2.94. The molecule has 2 aromatic rings. The number of aryl methyl sites for hydroxylation is 1. The van der Waals surface area contributed by atoms with Crippen molar-refractivity contribution in [3.63, 3.8) is 0 Å². The summed E-state index contributed by atoms with van der Waals surface area (Å²) in [5, 5.41) is 25.2. The van der Waals surface area contributed by atoms with Crippen LogP contribution in [0.25, 0.3) is 0 Å². The lowest BCUT2D eigenvalue weighted by Crippen LogP contribution is -2.27. The third-order valence-electron chi connectivity index (χ3n) is 3.32. The van der Waals surface area contributed by atoms with Crippen LogP contribution >= 0.6 is 11.3 Å². The third-order valence-corrected chi connectivity index (χ3v) is 4.30. The standard InChI is InChI=1S/C16H21NO2S/c1-11-5-6-14(18)13(8-11)10-17-12(2)9-15(19)16-4-3-7-20-16/h3-8,12,15,17-19H,9-10H2,1-2H3. The highest BCUT2D eigenvalue weighted by Crippen LogP contribution is 2.23. The predicted octanol–water partition coefficient (Wildman–Crippen LogP) is 3.36. The van der Waals surface area contributed by atoms with Crippen LogP contribution in [0.2, 0.25) is 0 Å². The van der Waals surface area contributed by atoms with Crippen molar-refractivity contribution in [3.05, 3.63) is 51.7 Å². The Morgan fingerprint density at radius 3 is 2.80 bits per heavy atom.